The Morgan fingerprint density at radius 2 is 1.66 bits per heavy atom. The van der Waals surface area contributed by atoms with Crippen LogP contribution in [0.2, 0.25) is 0 Å². The second-order valence-electron chi connectivity index (χ2n) is 7.49. The maximum Gasteiger partial charge on any atom is 0.339 e. The molecule has 0 unspecified atom stereocenters. The van der Waals surface area contributed by atoms with Crippen molar-refractivity contribution in [3.8, 4) is 5.69 Å². The van der Waals surface area contributed by atoms with Gasteiger partial charge in [-0.1, -0.05) is 54.2 Å². The van der Waals surface area contributed by atoms with Crippen molar-refractivity contribution < 1.29 is 14.3 Å². The Kier molecular flexibility index (Phi) is 6.02. The number of ether oxygens (including phenoxy) is 1. The minimum atomic E-state index is -0.539. The van der Waals surface area contributed by atoms with Crippen LogP contribution in [-0.2, 0) is 9.53 Å². The number of thioether (sulfide) groups is 1. The number of carbonyl (C=O) groups is 2. The van der Waals surface area contributed by atoms with E-state index in [2.05, 4.69) is 15.5 Å². The molecule has 5 aromatic rings. The average molecular weight is 486 g/mol. The largest absolute Gasteiger partial charge is 0.465 e. The van der Waals surface area contributed by atoms with Gasteiger partial charge in [-0.15, -0.1) is 10.2 Å². The van der Waals surface area contributed by atoms with E-state index in [0.717, 1.165) is 0 Å². The molecule has 0 aliphatic rings. The van der Waals surface area contributed by atoms with Crippen LogP contribution in [0, 0.1) is 0 Å². The molecule has 0 aliphatic heterocycles. The first-order valence-electron chi connectivity index (χ1n) is 10.6. The zero-order chi connectivity index (χ0) is 24.4. The highest BCUT2D eigenvalue weighted by atomic mass is 32.2. The third-order valence-electron chi connectivity index (χ3n) is 5.35. The van der Waals surface area contributed by atoms with Crippen LogP contribution in [0.15, 0.2) is 88.8 Å². The first-order chi connectivity index (χ1) is 17.1. The van der Waals surface area contributed by atoms with Crippen LogP contribution in [-0.4, -0.2) is 43.9 Å². The predicted octanol–water partition coefficient (Wildman–Crippen LogP) is 3.55. The van der Waals surface area contributed by atoms with Crippen LogP contribution in [0.1, 0.15) is 10.4 Å². The third kappa shape index (κ3) is 4.15. The lowest BCUT2D eigenvalue weighted by molar-refractivity contribution is -0.113. The number of para-hydroxylation sites is 3. The number of aromatic nitrogens is 4. The van der Waals surface area contributed by atoms with Crippen molar-refractivity contribution in [1.82, 2.24) is 19.2 Å². The first-order valence-corrected chi connectivity index (χ1v) is 11.6. The SMILES string of the molecule is COC(=O)c1ccccc1NC(=O)CSc1nnc2n(-c3ccccc3)c(=O)c3ccccc3n12. The molecule has 0 bridgehead atoms. The Morgan fingerprint density at radius 1 is 0.943 bits per heavy atom. The summed E-state index contributed by atoms with van der Waals surface area (Å²) < 4.78 is 8.05. The van der Waals surface area contributed by atoms with E-state index in [1.807, 2.05) is 42.5 Å². The second-order valence-corrected chi connectivity index (χ2v) is 8.43. The van der Waals surface area contributed by atoms with Crippen molar-refractivity contribution in [3.63, 3.8) is 0 Å². The van der Waals surface area contributed by atoms with Gasteiger partial charge in [0.15, 0.2) is 5.16 Å². The maximum absolute atomic E-state index is 13.3. The van der Waals surface area contributed by atoms with Crippen LogP contribution in [0.5, 0.6) is 0 Å². The van der Waals surface area contributed by atoms with Crippen LogP contribution in [0.25, 0.3) is 22.4 Å². The summed E-state index contributed by atoms with van der Waals surface area (Å²) in [5.41, 5.74) is 1.72. The van der Waals surface area contributed by atoms with Gasteiger partial charge in [0.1, 0.15) is 0 Å². The Balaban J connectivity index is 1.50. The number of nitrogens with zero attached hydrogens (tertiary/aromatic N) is 4. The second kappa shape index (κ2) is 9.43. The molecular weight excluding hydrogens is 466 g/mol. The number of hydrogen-bond acceptors (Lipinski definition) is 7. The zero-order valence-corrected chi connectivity index (χ0v) is 19.4. The lowest BCUT2D eigenvalue weighted by Gasteiger charge is -2.11. The maximum atomic E-state index is 13.3. The van der Waals surface area contributed by atoms with E-state index < -0.39 is 5.97 Å². The molecule has 5 rings (SSSR count). The van der Waals surface area contributed by atoms with Gasteiger partial charge in [-0.05, 0) is 36.4 Å². The number of nitrogens with one attached hydrogen (secondary N) is 1. The number of rotatable bonds is 6. The molecule has 10 heteroatoms. The summed E-state index contributed by atoms with van der Waals surface area (Å²) in [5, 5.41) is 12.3. The number of fused-ring (bicyclic) bond motifs is 3. The van der Waals surface area contributed by atoms with Crippen LogP contribution in [0.4, 0.5) is 5.69 Å². The molecule has 0 radical (unpaired) electrons. The number of anilines is 1. The molecule has 0 aliphatic carbocycles. The van der Waals surface area contributed by atoms with E-state index in [1.165, 1.54) is 23.4 Å². The van der Waals surface area contributed by atoms with E-state index >= 15 is 0 Å². The van der Waals surface area contributed by atoms with Gasteiger partial charge in [0.2, 0.25) is 11.7 Å². The summed E-state index contributed by atoms with van der Waals surface area (Å²) in [6.07, 6.45) is 0. The molecule has 0 fully saturated rings. The Bertz CT molecular complexity index is 1630. The molecule has 1 amide bonds. The first kappa shape index (κ1) is 22.4. The van der Waals surface area contributed by atoms with E-state index in [4.69, 9.17) is 4.74 Å². The monoisotopic (exact) mass is 485 g/mol. The normalized spacial score (nSPS) is 11.0. The predicted molar refractivity (Wildman–Crippen MR) is 133 cm³/mol. The summed E-state index contributed by atoms with van der Waals surface area (Å²) in [6.45, 7) is 0. The zero-order valence-electron chi connectivity index (χ0n) is 18.5. The van der Waals surface area contributed by atoms with Gasteiger partial charge in [0.25, 0.3) is 5.56 Å². The smallest absolute Gasteiger partial charge is 0.339 e. The van der Waals surface area contributed by atoms with Crippen LogP contribution in [0.3, 0.4) is 0 Å². The topological polar surface area (TPSA) is 108 Å². The fraction of sp³-hybridized carbons (Fsp3) is 0.0800. The van der Waals surface area contributed by atoms with Gasteiger partial charge in [-0.3, -0.25) is 14.0 Å². The fourth-order valence-corrected chi connectivity index (χ4v) is 4.52. The Hall–Kier alpha value is -4.44. The minimum Gasteiger partial charge on any atom is -0.465 e. The van der Waals surface area contributed by atoms with Gasteiger partial charge in [-0.25, -0.2) is 9.36 Å². The molecule has 35 heavy (non-hydrogen) atoms. The van der Waals surface area contributed by atoms with Crippen molar-refractivity contribution in [1.29, 1.82) is 0 Å². The Morgan fingerprint density at radius 3 is 2.46 bits per heavy atom. The third-order valence-corrected chi connectivity index (χ3v) is 6.28. The lowest BCUT2D eigenvalue weighted by atomic mass is 10.2. The van der Waals surface area contributed by atoms with Crippen molar-refractivity contribution in [2.24, 2.45) is 0 Å². The van der Waals surface area contributed by atoms with Crippen molar-refractivity contribution in [2.45, 2.75) is 5.16 Å². The number of hydrogen-bond donors (Lipinski definition) is 1. The molecule has 9 nitrogen and oxygen atoms in total. The van der Waals surface area contributed by atoms with Gasteiger partial charge in [-0.2, -0.15) is 0 Å². The molecule has 0 saturated heterocycles. The van der Waals surface area contributed by atoms with Gasteiger partial charge >= 0.3 is 5.97 Å². The molecule has 0 atom stereocenters. The van der Waals surface area contributed by atoms with Crippen molar-refractivity contribution in [3.05, 3.63) is 94.8 Å². The summed E-state index contributed by atoms with van der Waals surface area (Å²) in [4.78, 5) is 38.0. The molecule has 2 aromatic heterocycles. The van der Waals surface area contributed by atoms with Crippen LogP contribution >= 0.6 is 11.8 Å². The summed E-state index contributed by atoms with van der Waals surface area (Å²) >= 11 is 1.17. The molecular formula is C25H19N5O4S. The number of carbonyl (C=O) groups excluding carboxylic acids is 2. The lowest BCUT2D eigenvalue weighted by Crippen LogP contribution is -2.22. The Labute approximate surface area is 203 Å². The fourth-order valence-electron chi connectivity index (χ4n) is 3.78. The van der Waals surface area contributed by atoms with Crippen LogP contribution < -0.4 is 10.9 Å². The summed E-state index contributed by atoms with van der Waals surface area (Å²) in [7, 11) is 1.28. The number of esters is 1. The van der Waals surface area contributed by atoms with Gasteiger partial charge in [0, 0.05) is 0 Å². The number of methoxy groups -OCH3 is 1. The highest BCUT2D eigenvalue weighted by Crippen LogP contribution is 2.24. The standard InChI is InChI=1S/C25H19N5O4S/c1-34-23(33)17-11-5-7-13-19(17)26-21(31)15-35-25-28-27-24-29(16-9-3-2-4-10-16)22(32)18-12-6-8-14-20(18)30(24)25/h2-14H,15H2,1H3,(H,26,31). The van der Waals surface area contributed by atoms with E-state index in [0.29, 0.717) is 33.2 Å². The summed E-state index contributed by atoms with van der Waals surface area (Å²) in [5.74, 6) is -0.514. The number of amides is 1. The molecule has 0 saturated carbocycles. The van der Waals surface area contributed by atoms with E-state index in [9.17, 15) is 14.4 Å². The molecule has 3 aromatic carbocycles. The number of benzene rings is 3. The molecule has 0 spiro atoms. The highest BCUT2D eigenvalue weighted by molar-refractivity contribution is 7.99. The quantitative estimate of drug-likeness (QED) is 0.289. The molecule has 174 valence electrons. The average Bonchev–Trinajstić information content (AvgIpc) is 3.32. The van der Waals surface area contributed by atoms with Crippen molar-refractivity contribution >= 4 is 46.0 Å². The van der Waals surface area contributed by atoms with E-state index in [1.54, 1.807) is 40.8 Å². The molecule has 1 N–H and O–H groups in total. The minimum absolute atomic E-state index is 0.00902. The summed E-state index contributed by atoms with van der Waals surface area (Å²) in [6, 6.07) is 23.0. The van der Waals surface area contributed by atoms with Gasteiger partial charge < -0.3 is 10.1 Å². The highest BCUT2D eigenvalue weighted by Gasteiger charge is 2.19. The van der Waals surface area contributed by atoms with E-state index in [-0.39, 0.29) is 22.8 Å². The van der Waals surface area contributed by atoms with Crippen molar-refractivity contribution in [2.75, 3.05) is 18.2 Å². The molecule has 2 heterocycles. The van der Waals surface area contributed by atoms with Gasteiger partial charge in [0.05, 0.1) is 40.7 Å².